The van der Waals surface area contributed by atoms with Gasteiger partial charge in [-0.3, -0.25) is 9.79 Å². The van der Waals surface area contributed by atoms with E-state index in [1.165, 1.54) is 0 Å². The summed E-state index contributed by atoms with van der Waals surface area (Å²) in [6.45, 7) is 5.89. The van der Waals surface area contributed by atoms with Crippen LogP contribution in [0.3, 0.4) is 0 Å². The maximum absolute atomic E-state index is 11.8. The highest BCUT2D eigenvalue weighted by atomic mass is 16.5. The standard InChI is InChI=1S/C19H20N2O2/c1-12(2)23-15-9-7-14(8-10-15)16-5-4-6-17-19(16)20-13(3)11-18(22)21-17/h4-10,12H,11H2,1-3H3,(H,21,22). The quantitative estimate of drug-likeness (QED) is 0.902. The van der Waals surface area contributed by atoms with Gasteiger partial charge in [-0.1, -0.05) is 24.3 Å². The summed E-state index contributed by atoms with van der Waals surface area (Å²) in [6.07, 6.45) is 0.478. The first kappa shape index (κ1) is 15.3. The first-order chi connectivity index (χ1) is 11.0. The number of nitrogens with zero attached hydrogens (tertiary/aromatic N) is 1. The molecule has 0 atom stereocenters. The molecule has 0 unspecified atom stereocenters. The van der Waals surface area contributed by atoms with Gasteiger partial charge in [-0.2, -0.15) is 0 Å². The molecule has 0 fully saturated rings. The number of hydrogen-bond acceptors (Lipinski definition) is 3. The Morgan fingerprint density at radius 2 is 1.87 bits per heavy atom. The Labute approximate surface area is 136 Å². The number of nitrogens with one attached hydrogen (secondary N) is 1. The predicted molar refractivity (Wildman–Crippen MR) is 93.7 cm³/mol. The first-order valence-electron chi connectivity index (χ1n) is 7.77. The van der Waals surface area contributed by atoms with Crippen molar-refractivity contribution >= 4 is 23.0 Å². The van der Waals surface area contributed by atoms with E-state index in [1.807, 2.05) is 63.2 Å². The summed E-state index contributed by atoms with van der Waals surface area (Å²) in [5.41, 5.74) is 4.43. The van der Waals surface area contributed by atoms with E-state index >= 15 is 0 Å². The topological polar surface area (TPSA) is 50.7 Å². The molecule has 2 aromatic rings. The van der Waals surface area contributed by atoms with Gasteiger partial charge in [0.25, 0.3) is 0 Å². The van der Waals surface area contributed by atoms with E-state index in [4.69, 9.17) is 4.74 Å². The number of benzene rings is 2. The van der Waals surface area contributed by atoms with Crippen LogP contribution in [0, 0.1) is 0 Å². The molecule has 0 saturated heterocycles. The number of hydrogen-bond donors (Lipinski definition) is 1. The van der Waals surface area contributed by atoms with Crippen molar-refractivity contribution < 1.29 is 9.53 Å². The lowest BCUT2D eigenvalue weighted by Gasteiger charge is -2.12. The lowest BCUT2D eigenvalue weighted by atomic mass is 10.0. The molecular formula is C19H20N2O2. The van der Waals surface area contributed by atoms with Gasteiger partial charge in [0.05, 0.1) is 23.9 Å². The Bertz CT molecular complexity index is 761. The fraction of sp³-hybridized carbons (Fsp3) is 0.263. The second-order valence-corrected chi connectivity index (χ2v) is 5.96. The van der Waals surface area contributed by atoms with Gasteiger partial charge in [0, 0.05) is 11.3 Å². The summed E-state index contributed by atoms with van der Waals surface area (Å²) in [6, 6.07) is 13.8. The van der Waals surface area contributed by atoms with Crippen LogP contribution in [-0.4, -0.2) is 17.7 Å². The summed E-state index contributed by atoms with van der Waals surface area (Å²) in [7, 11) is 0. The van der Waals surface area contributed by atoms with Crippen molar-refractivity contribution in [3.63, 3.8) is 0 Å². The first-order valence-corrected chi connectivity index (χ1v) is 7.77. The minimum Gasteiger partial charge on any atom is -0.491 e. The van der Waals surface area contributed by atoms with E-state index in [1.54, 1.807) is 0 Å². The molecule has 1 aliphatic rings. The van der Waals surface area contributed by atoms with Crippen molar-refractivity contribution in [1.29, 1.82) is 0 Å². The lowest BCUT2D eigenvalue weighted by Crippen LogP contribution is -2.12. The van der Waals surface area contributed by atoms with Crippen molar-refractivity contribution in [3.8, 4) is 16.9 Å². The van der Waals surface area contributed by atoms with Crippen LogP contribution in [0.25, 0.3) is 11.1 Å². The molecule has 4 nitrogen and oxygen atoms in total. The van der Waals surface area contributed by atoms with Crippen LogP contribution in [0.5, 0.6) is 5.75 Å². The molecular weight excluding hydrogens is 288 g/mol. The Morgan fingerprint density at radius 1 is 1.13 bits per heavy atom. The summed E-state index contributed by atoms with van der Waals surface area (Å²) in [5.74, 6) is 0.821. The number of ether oxygens (including phenoxy) is 1. The van der Waals surface area contributed by atoms with Crippen LogP contribution in [0.1, 0.15) is 27.2 Å². The summed E-state index contributed by atoms with van der Waals surface area (Å²) < 4.78 is 5.68. The zero-order valence-electron chi connectivity index (χ0n) is 13.6. The number of para-hydroxylation sites is 1. The number of carbonyl (C=O) groups excluding carboxylic acids is 1. The molecule has 0 spiro atoms. The molecule has 1 N–H and O–H groups in total. The van der Waals surface area contributed by atoms with Crippen molar-refractivity contribution in [2.24, 2.45) is 4.99 Å². The number of rotatable bonds is 3. The van der Waals surface area contributed by atoms with E-state index in [2.05, 4.69) is 10.3 Å². The molecule has 0 bridgehead atoms. The zero-order chi connectivity index (χ0) is 16.4. The SMILES string of the molecule is CC1=Nc2c(cccc2-c2ccc(OC(C)C)cc2)NC(=O)C1. The molecule has 0 aliphatic carbocycles. The molecule has 0 radical (unpaired) electrons. The molecule has 0 aromatic heterocycles. The van der Waals surface area contributed by atoms with E-state index in [-0.39, 0.29) is 12.0 Å². The highest BCUT2D eigenvalue weighted by Gasteiger charge is 2.16. The van der Waals surface area contributed by atoms with Gasteiger partial charge >= 0.3 is 0 Å². The van der Waals surface area contributed by atoms with Crippen LogP contribution in [-0.2, 0) is 4.79 Å². The predicted octanol–water partition coefficient (Wildman–Crippen LogP) is 4.58. The average Bonchev–Trinajstić information content (AvgIpc) is 2.63. The van der Waals surface area contributed by atoms with Gasteiger partial charge in [0.1, 0.15) is 5.75 Å². The van der Waals surface area contributed by atoms with Gasteiger partial charge in [0.15, 0.2) is 0 Å². The maximum Gasteiger partial charge on any atom is 0.230 e. The molecule has 1 heterocycles. The van der Waals surface area contributed by atoms with Crippen molar-refractivity contribution in [3.05, 3.63) is 42.5 Å². The molecule has 1 aliphatic heterocycles. The van der Waals surface area contributed by atoms with E-state index < -0.39 is 0 Å². The second-order valence-electron chi connectivity index (χ2n) is 5.96. The van der Waals surface area contributed by atoms with E-state index in [0.717, 1.165) is 34.0 Å². The normalized spacial score (nSPS) is 13.9. The highest BCUT2D eigenvalue weighted by Crippen LogP contribution is 2.38. The Morgan fingerprint density at radius 3 is 2.57 bits per heavy atom. The third-order valence-corrected chi connectivity index (χ3v) is 3.57. The molecule has 0 saturated carbocycles. The van der Waals surface area contributed by atoms with Gasteiger partial charge in [-0.15, -0.1) is 0 Å². The molecule has 118 valence electrons. The minimum absolute atomic E-state index is 0.0252. The molecule has 3 rings (SSSR count). The van der Waals surface area contributed by atoms with Crippen LogP contribution in [0.2, 0.25) is 0 Å². The third kappa shape index (κ3) is 3.42. The van der Waals surface area contributed by atoms with E-state index in [0.29, 0.717) is 6.42 Å². The molecule has 1 amide bonds. The number of fused-ring (bicyclic) bond motifs is 1. The number of carbonyl (C=O) groups is 1. The van der Waals surface area contributed by atoms with Crippen molar-refractivity contribution in [1.82, 2.24) is 0 Å². The van der Waals surface area contributed by atoms with E-state index in [9.17, 15) is 4.79 Å². The minimum atomic E-state index is -0.0252. The average molecular weight is 308 g/mol. The summed E-state index contributed by atoms with van der Waals surface area (Å²) in [5, 5.41) is 2.92. The third-order valence-electron chi connectivity index (χ3n) is 3.57. The van der Waals surface area contributed by atoms with Gasteiger partial charge < -0.3 is 10.1 Å². The van der Waals surface area contributed by atoms with Crippen LogP contribution >= 0.6 is 0 Å². The Kier molecular flexibility index (Phi) is 4.15. The number of anilines is 1. The maximum atomic E-state index is 11.8. The van der Waals surface area contributed by atoms with Crippen LogP contribution in [0.4, 0.5) is 11.4 Å². The second kappa shape index (κ2) is 6.24. The number of amides is 1. The Hall–Kier alpha value is -2.62. The monoisotopic (exact) mass is 308 g/mol. The number of aliphatic imine (C=N–C) groups is 1. The van der Waals surface area contributed by atoms with Gasteiger partial charge in [0.2, 0.25) is 5.91 Å². The Balaban J connectivity index is 2.02. The highest BCUT2D eigenvalue weighted by molar-refractivity contribution is 6.11. The fourth-order valence-electron chi connectivity index (χ4n) is 2.64. The van der Waals surface area contributed by atoms with Crippen LogP contribution < -0.4 is 10.1 Å². The van der Waals surface area contributed by atoms with Crippen molar-refractivity contribution in [2.75, 3.05) is 5.32 Å². The lowest BCUT2D eigenvalue weighted by molar-refractivity contribution is -0.115. The summed E-state index contributed by atoms with van der Waals surface area (Å²) in [4.78, 5) is 16.5. The molecule has 4 heteroatoms. The zero-order valence-corrected chi connectivity index (χ0v) is 13.6. The van der Waals surface area contributed by atoms with Gasteiger partial charge in [-0.25, -0.2) is 0 Å². The summed E-state index contributed by atoms with van der Waals surface area (Å²) >= 11 is 0. The van der Waals surface area contributed by atoms with Gasteiger partial charge in [-0.05, 0) is 44.5 Å². The smallest absolute Gasteiger partial charge is 0.230 e. The molecule has 23 heavy (non-hydrogen) atoms. The molecule has 2 aromatic carbocycles. The fourth-order valence-corrected chi connectivity index (χ4v) is 2.64. The largest absolute Gasteiger partial charge is 0.491 e. The van der Waals surface area contributed by atoms with Crippen LogP contribution in [0.15, 0.2) is 47.5 Å². The van der Waals surface area contributed by atoms with Crippen molar-refractivity contribution in [2.45, 2.75) is 33.3 Å².